The Labute approximate surface area is 126 Å². The first-order valence-electron chi connectivity index (χ1n) is 7.89. The van der Waals surface area contributed by atoms with Crippen LogP contribution in [-0.2, 0) is 0 Å². The molecule has 0 radical (unpaired) electrons. The molecule has 2 saturated carbocycles. The molecule has 110 valence electrons. The summed E-state index contributed by atoms with van der Waals surface area (Å²) in [6, 6.07) is 9.15. The number of benzene rings is 1. The topological polar surface area (TPSA) is 38.0 Å². The third-order valence-corrected chi connectivity index (χ3v) is 5.55. The maximum atomic E-state index is 5.98. The minimum Gasteiger partial charge on any atom is -0.329 e. The van der Waals surface area contributed by atoms with Gasteiger partial charge < -0.3 is 11.1 Å². The predicted molar refractivity (Wildman–Crippen MR) is 87.0 cm³/mol. The van der Waals surface area contributed by atoms with Gasteiger partial charge in [-0.25, -0.2) is 0 Å². The molecule has 0 amide bonds. The molecule has 2 aliphatic carbocycles. The lowest BCUT2D eigenvalue weighted by Gasteiger charge is -2.22. The van der Waals surface area contributed by atoms with Crippen LogP contribution in [0.1, 0.15) is 37.3 Å². The van der Waals surface area contributed by atoms with Crippen molar-refractivity contribution in [2.75, 3.05) is 19.3 Å². The molecule has 20 heavy (non-hydrogen) atoms. The van der Waals surface area contributed by atoms with Crippen LogP contribution in [0.3, 0.4) is 0 Å². The lowest BCUT2D eigenvalue weighted by atomic mass is 9.97. The summed E-state index contributed by atoms with van der Waals surface area (Å²) in [6.07, 6.45) is 7.94. The Morgan fingerprint density at radius 3 is 2.20 bits per heavy atom. The SMILES string of the molecule is CSc1ccc(C(CN)NCC(C2CC2)C2CC2)cc1. The Morgan fingerprint density at radius 1 is 1.15 bits per heavy atom. The van der Waals surface area contributed by atoms with Crippen LogP contribution in [0.2, 0.25) is 0 Å². The highest BCUT2D eigenvalue weighted by Gasteiger charge is 2.41. The van der Waals surface area contributed by atoms with Gasteiger partial charge in [-0.05, 0) is 73.9 Å². The largest absolute Gasteiger partial charge is 0.329 e. The molecule has 2 nitrogen and oxygen atoms in total. The molecule has 1 aromatic rings. The van der Waals surface area contributed by atoms with Crippen molar-refractivity contribution >= 4 is 11.8 Å². The van der Waals surface area contributed by atoms with Gasteiger partial charge in [-0.3, -0.25) is 0 Å². The molecule has 0 spiro atoms. The molecule has 3 N–H and O–H groups in total. The number of nitrogens with two attached hydrogens (primary N) is 1. The number of rotatable bonds is 8. The van der Waals surface area contributed by atoms with E-state index in [1.807, 2.05) is 0 Å². The zero-order chi connectivity index (χ0) is 13.9. The van der Waals surface area contributed by atoms with Gasteiger partial charge >= 0.3 is 0 Å². The van der Waals surface area contributed by atoms with Gasteiger partial charge in [-0.1, -0.05) is 12.1 Å². The first-order chi connectivity index (χ1) is 9.81. The Balaban J connectivity index is 1.57. The van der Waals surface area contributed by atoms with E-state index in [-0.39, 0.29) is 0 Å². The van der Waals surface area contributed by atoms with E-state index in [1.165, 1.54) is 36.1 Å². The van der Waals surface area contributed by atoms with E-state index in [0.717, 1.165) is 24.3 Å². The molecule has 3 rings (SSSR count). The average molecular weight is 290 g/mol. The predicted octanol–water partition coefficient (Wildman–Crippen LogP) is 3.43. The van der Waals surface area contributed by atoms with Crippen LogP contribution in [0.4, 0.5) is 0 Å². The van der Waals surface area contributed by atoms with E-state index in [0.29, 0.717) is 12.6 Å². The first kappa shape index (κ1) is 14.4. The van der Waals surface area contributed by atoms with Crippen molar-refractivity contribution in [1.82, 2.24) is 5.32 Å². The van der Waals surface area contributed by atoms with E-state index in [4.69, 9.17) is 5.73 Å². The van der Waals surface area contributed by atoms with E-state index in [9.17, 15) is 0 Å². The molecule has 0 aliphatic heterocycles. The number of nitrogens with one attached hydrogen (secondary N) is 1. The number of hydrogen-bond acceptors (Lipinski definition) is 3. The molecular formula is C17H26N2S. The molecule has 2 aliphatic rings. The van der Waals surface area contributed by atoms with E-state index in [2.05, 4.69) is 35.8 Å². The molecule has 0 saturated heterocycles. The van der Waals surface area contributed by atoms with E-state index in [1.54, 1.807) is 11.8 Å². The molecule has 2 fully saturated rings. The Hall–Kier alpha value is -0.510. The minimum atomic E-state index is 0.311. The van der Waals surface area contributed by atoms with Gasteiger partial charge in [0, 0.05) is 17.5 Å². The van der Waals surface area contributed by atoms with Crippen molar-refractivity contribution in [3.63, 3.8) is 0 Å². The summed E-state index contributed by atoms with van der Waals surface area (Å²) in [5.41, 5.74) is 7.31. The lowest BCUT2D eigenvalue weighted by Crippen LogP contribution is -2.33. The monoisotopic (exact) mass is 290 g/mol. The first-order valence-corrected chi connectivity index (χ1v) is 9.11. The van der Waals surface area contributed by atoms with Crippen molar-refractivity contribution in [2.45, 2.75) is 36.6 Å². The fraction of sp³-hybridized carbons (Fsp3) is 0.647. The number of thioether (sulfide) groups is 1. The minimum absolute atomic E-state index is 0.311. The summed E-state index contributed by atoms with van der Waals surface area (Å²) in [7, 11) is 0. The highest BCUT2D eigenvalue weighted by Crippen LogP contribution is 2.48. The second-order valence-corrected chi connectivity index (χ2v) is 7.19. The molecule has 1 aromatic carbocycles. The lowest BCUT2D eigenvalue weighted by molar-refractivity contribution is 0.357. The van der Waals surface area contributed by atoms with Crippen molar-refractivity contribution < 1.29 is 0 Å². The molecular weight excluding hydrogens is 264 g/mol. The van der Waals surface area contributed by atoms with Gasteiger partial charge in [0.25, 0.3) is 0 Å². The standard InChI is InChI=1S/C17H26N2S/c1-20-15-8-6-14(7-9-15)17(10-18)19-11-16(12-2-3-12)13-4-5-13/h6-9,12-13,16-17,19H,2-5,10-11,18H2,1H3. The van der Waals surface area contributed by atoms with Crippen molar-refractivity contribution in [3.05, 3.63) is 29.8 Å². The van der Waals surface area contributed by atoms with Crippen LogP contribution in [0, 0.1) is 17.8 Å². The summed E-state index contributed by atoms with van der Waals surface area (Å²) < 4.78 is 0. The van der Waals surface area contributed by atoms with Crippen molar-refractivity contribution in [3.8, 4) is 0 Å². The molecule has 0 aromatic heterocycles. The maximum absolute atomic E-state index is 5.98. The summed E-state index contributed by atoms with van der Waals surface area (Å²) in [5, 5.41) is 3.73. The smallest absolute Gasteiger partial charge is 0.0444 e. The summed E-state index contributed by atoms with van der Waals surface area (Å²) >= 11 is 1.79. The molecule has 0 heterocycles. The summed E-state index contributed by atoms with van der Waals surface area (Å²) in [5.74, 6) is 2.93. The van der Waals surface area contributed by atoms with Gasteiger partial charge in [0.15, 0.2) is 0 Å². The summed E-state index contributed by atoms with van der Waals surface area (Å²) in [6.45, 7) is 1.84. The Kier molecular flexibility index (Phi) is 4.69. The summed E-state index contributed by atoms with van der Waals surface area (Å²) in [4.78, 5) is 1.32. The van der Waals surface area contributed by atoms with Crippen LogP contribution in [-0.4, -0.2) is 19.3 Å². The second-order valence-electron chi connectivity index (χ2n) is 6.31. The molecule has 3 heteroatoms. The fourth-order valence-electron chi connectivity index (χ4n) is 3.22. The van der Waals surface area contributed by atoms with E-state index >= 15 is 0 Å². The normalized spacial score (nSPS) is 20.4. The van der Waals surface area contributed by atoms with Gasteiger partial charge in [-0.2, -0.15) is 0 Å². The fourth-order valence-corrected chi connectivity index (χ4v) is 3.63. The van der Waals surface area contributed by atoms with Crippen LogP contribution in [0.25, 0.3) is 0 Å². The Morgan fingerprint density at radius 2 is 1.75 bits per heavy atom. The third-order valence-electron chi connectivity index (χ3n) is 4.81. The highest BCUT2D eigenvalue weighted by atomic mass is 32.2. The van der Waals surface area contributed by atoms with Crippen molar-refractivity contribution in [1.29, 1.82) is 0 Å². The van der Waals surface area contributed by atoms with Crippen LogP contribution < -0.4 is 11.1 Å². The highest BCUT2D eigenvalue weighted by molar-refractivity contribution is 7.98. The zero-order valence-electron chi connectivity index (χ0n) is 12.3. The Bertz CT molecular complexity index is 411. The van der Waals surface area contributed by atoms with Crippen LogP contribution in [0.15, 0.2) is 29.2 Å². The van der Waals surface area contributed by atoms with Gasteiger partial charge in [0.1, 0.15) is 0 Å². The van der Waals surface area contributed by atoms with Crippen LogP contribution in [0.5, 0.6) is 0 Å². The van der Waals surface area contributed by atoms with Gasteiger partial charge in [-0.15, -0.1) is 11.8 Å². The quantitative estimate of drug-likeness (QED) is 0.720. The maximum Gasteiger partial charge on any atom is 0.0444 e. The zero-order valence-corrected chi connectivity index (χ0v) is 13.2. The number of hydrogen-bond donors (Lipinski definition) is 2. The van der Waals surface area contributed by atoms with Crippen molar-refractivity contribution in [2.24, 2.45) is 23.5 Å². The van der Waals surface area contributed by atoms with E-state index < -0.39 is 0 Å². The third kappa shape index (κ3) is 3.57. The molecule has 0 bridgehead atoms. The average Bonchev–Trinajstić information content (AvgIpc) is 3.38. The molecule has 1 unspecified atom stereocenters. The van der Waals surface area contributed by atoms with Gasteiger partial charge in [0.2, 0.25) is 0 Å². The molecule has 1 atom stereocenters. The second kappa shape index (κ2) is 6.50. The van der Waals surface area contributed by atoms with Crippen LogP contribution >= 0.6 is 11.8 Å². The van der Waals surface area contributed by atoms with Gasteiger partial charge in [0.05, 0.1) is 0 Å².